The van der Waals surface area contributed by atoms with Crippen molar-refractivity contribution >= 4 is 87.5 Å². The number of rotatable bonds is 7. The second-order valence-corrected chi connectivity index (χ2v) is 19.8. The number of furan rings is 1. The molecule has 0 N–H and O–H groups in total. The molecule has 0 saturated carbocycles. The molecule has 0 fully saturated rings. The summed E-state index contributed by atoms with van der Waals surface area (Å²) in [7, 11) is 0. The van der Waals surface area contributed by atoms with E-state index in [-0.39, 0.29) is 0 Å². The van der Waals surface area contributed by atoms with E-state index in [1.165, 1.54) is 65.5 Å². The van der Waals surface area contributed by atoms with Crippen molar-refractivity contribution in [1.82, 2.24) is 23.7 Å². The van der Waals surface area contributed by atoms with Gasteiger partial charge in [-0.25, -0.2) is 9.97 Å². The Morgan fingerprint density at radius 1 is 0.263 bits per heavy atom. The number of para-hydroxylation sites is 5. The Morgan fingerprint density at radius 3 is 1.34 bits per heavy atom. The van der Waals surface area contributed by atoms with Gasteiger partial charge >= 0.3 is 0 Å². The molecular formula is C70H43N5O. The summed E-state index contributed by atoms with van der Waals surface area (Å²) in [6.07, 6.45) is 1.65. The van der Waals surface area contributed by atoms with Crippen LogP contribution in [0.4, 0.5) is 0 Å². The molecular weight excluding hydrogens is 927 g/mol. The van der Waals surface area contributed by atoms with Crippen molar-refractivity contribution in [3.05, 3.63) is 261 Å². The van der Waals surface area contributed by atoms with E-state index < -0.39 is 0 Å². The van der Waals surface area contributed by atoms with Crippen LogP contribution in [-0.2, 0) is 0 Å². The molecule has 0 amide bonds. The molecule has 11 aromatic carbocycles. The van der Waals surface area contributed by atoms with Gasteiger partial charge in [0.05, 0.1) is 33.1 Å². The molecule has 0 unspecified atom stereocenters. The first kappa shape index (κ1) is 42.2. The lowest BCUT2D eigenvalue weighted by atomic mass is 10.00. The van der Waals surface area contributed by atoms with Gasteiger partial charge in [0.25, 0.3) is 0 Å². The maximum absolute atomic E-state index is 6.78. The highest BCUT2D eigenvalue weighted by Gasteiger charge is 2.20. The van der Waals surface area contributed by atoms with Gasteiger partial charge in [0, 0.05) is 60.3 Å². The zero-order valence-corrected chi connectivity index (χ0v) is 41.0. The third-order valence-corrected chi connectivity index (χ3v) is 15.5. The molecule has 5 heterocycles. The van der Waals surface area contributed by atoms with Crippen molar-refractivity contribution in [2.24, 2.45) is 0 Å². The van der Waals surface area contributed by atoms with E-state index in [9.17, 15) is 0 Å². The summed E-state index contributed by atoms with van der Waals surface area (Å²) < 4.78 is 13.9. The zero-order valence-electron chi connectivity index (χ0n) is 41.0. The summed E-state index contributed by atoms with van der Waals surface area (Å²) >= 11 is 0. The zero-order chi connectivity index (χ0) is 49.8. The molecule has 354 valence electrons. The van der Waals surface area contributed by atoms with Gasteiger partial charge in [-0.1, -0.05) is 158 Å². The monoisotopic (exact) mass is 969 g/mol. The summed E-state index contributed by atoms with van der Waals surface area (Å²) in [5.41, 5.74) is 21.1. The van der Waals surface area contributed by atoms with Crippen LogP contribution in [0.15, 0.2) is 266 Å². The van der Waals surface area contributed by atoms with Crippen molar-refractivity contribution in [3.63, 3.8) is 0 Å². The number of hydrogen-bond acceptors (Lipinski definition) is 3. The second kappa shape index (κ2) is 16.6. The molecule has 0 saturated heterocycles. The highest BCUT2D eigenvalue weighted by Crippen LogP contribution is 2.41. The van der Waals surface area contributed by atoms with Crippen molar-refractivity contribution in [1.29, 1.82) is 0 Å². The Kier molecular flexibility index (Phi) is 9.23. The lowest BCUT2D eigenvalue weighted by Crippen LogP contribution is -1.95. The van der Waals surface area contributed by atoms with Crippen LogP contribution < -0.4 is 0 Å². The Balaban J connectivity index is 0.761. The van der Waals surface area contributed by atoms with E-state index in [2.05, 4.69) is 268 Å². The Hall–Kier alpha value is -10.3. The van der Waals surface area contributed by atoms with E-state index in [0.717, 1.165) is 78.1 Å². The summed E-state index contributed by atoms with van der Waals surface area (Å²) in [6, 6.07) is 91.8. The van der Waals surface area contributed by atoms with Gasteiger partial charge in [-0.2, -0.15) is 0 Å². The first-order valence-electron chi connectivity index (χ1n) is 25.8. The highest BCUT2D eigenvalue weighted by atomic mass is 16.3. The van der Waals surface area contributed by atoms with Crippen molar-refractivity contribution in [2.75, 3.05) is 0 Å². The van der Waals surface area contributed by atoms with Gasteiger partial charge in [-0.3, -0.25) is 0 Å². The van der Waals surface area contributed by atoms with Crippen LogP contribution in [0.3, 0.4) is 0 Å². The minimum absolute atomic E-state index is 0.668. The van der Waals surface area contributed by atoms with Crippen LogP contribution in [0.25, 0.3) is 149 Å². The smallest absolute Gasteiger partial charge is 0.180 e. The fourth-order valence-corrected chi connectivity index (χ4v) is 12.1. The van der Waals surface area contributed by atoms with E-state index in [1.54, 1.807) is 6.33 Å². The average molecular weight is 970 g/mol. The first-order valence-corrected chi connectivity index (χ1v) is 25.8. The van der Waals surface area contributed by atoms with Crippen LogP contribution in [0, 0.1) is 0 Å². The Labute approximate surface area is 436 Å². The van der Waals surface area contributed by atoms with Crippen LogP contribution in [-0.4, -0.2) is 23.7 Å². The highest BCUT2D eigenvalue weighted by molar-refractivity contribution is 6.13. The summed E-state index contributed by atoms with van der Waals surface area (Å²) in [4.78, 5) is 9.66. The second-order valence-electron chi connectivity index (χ2n) is 19.8. The number of aromatic nitrogens is 5. The number of benzene rings is 11. The molecule has 0 radical (unpaired) electrons. The van der Waals surface area contributed by atoms with Gasteiger partial charge in [0.1, 0.15) is 23.1 Å². The molecule has 16 rings (SSSR count). The fraction of sp³-hybridized carbons (Fsp3) is 0. The SMILES string of the molecule is c1ccc(-n2c3ccccc3c3cc(-c4ccc5c6ccccc6n(-c6cccc(-c7cccc(-c8ncnc9c8oc8cc(-c%10cccc(-n%11c%12ccccc%12c%12ccccc%12%11)c%10)ccc89)c7)c6)c5c4)ccc32)cc1. The van der Waals surface area contributed by atoms with Gasteiger partial charge in [0.2, 0.25) is 0 Å². The van der Waals surface area contributed by atoms with E-state index in [0.29, 0.717) is 5.58 Å². The third kappa shape index (κ3) is 6.47. The number of fused-ring (bicyclic) bond motifs is 12. The Morgan fingerprint density at radius 2 is 0.697 bits per heavy atom. The molecule has 6 heteroatoms. The van der Waals surface area contributed by atoms with Gasteiger partial charge in [0.15, 0.2) is 5.58 Å². The van der Waals surface area contributed by atoms with Crippen LogP contribution in [0.2, 0.25) is 0 Å². The van der Waals surface area contributed by atoms with E-state index >= 15 is 0 Å². The fourth-order valence-electron chi connectivity index (χ4n) is 12.1. The molecule has 0 aliphatic rings. The van der Waals surface area contributed by atoms with E-state index in [1.807, 2.05) is 0 Å². The van der Waals surface area contributed by atoms with Crippen molar-refractivity contribution in [2.45, 2.75) is 0 Å². The van der Waals surface area contributed by atoms with E-state index in [4.69, 9.17) is 14.4 Å². The van der Waals surface area contributed by atoms with Gasteiger partial charge in [-0.15, -0.1) is 0 Å². The molecule has 0 aliphatic carbocycles. The topological polar surface area (TPSA) is 53.7 Å². The quantitative estimate of drug-likeness (QED) is 0.160. The number of nitrogens with zero attached hydrogens (tertiary/aromatic N) is 5. The molecule has 6 nitrogen and oxygen atoms in total. The van der Waals surface area contributed by atoms with Crippen LogP contribution >= 0.6 is 0 Å². The molecule has 0 bridgehead atoms. The van der Waals surface area contributed by atoms with Crippen LogP contribution in [0.5, 0.6) is 0 Å². The molecule has 5 aromatic heterocycles. The molecule has 76 heavy (non-hydrogen) atoms. The first-order chi connectivity index (χ1) is 37.7. The standard InChI is InChI=1S/C70H43N5O/c1-2-19-51(20-3-1)73-64-30-11-7-26-57(64)60-40-47(33-36-65(60)73)48-31-34-58-56-25-6-10-29-63(56)75(66(58)41-48)53-22-13-16-45(38-53)44-15-12-18-50(37-44)68-70-69(72-43-71-68)59-35-32-49(42-67(59)76-70)46-17-14-21-52(39-46)74-61-27-8-4-23-54(61)55-24-5-9-28-62(55)74/h1-43H. The third-order valence-electron chi connectivity index (χ3n) is 15.5. The molecule has 16 aromatic rings. The maximum atomic E-state index is 6.78. The minimum atomic E-state index is 0.668. The largest absolute Gasteiger partial charge is 0.452 e. The summed E-state index contributed by atoms with van der Waals surface area (Å²) in [5.74, 6) is 0. The summed E-state index contributed by atoms with van der Waals surface area (Å²) in [6.45, 7) is 0. The molecule has 0 spiro atoms. The maximum Gasteiger partial charge on any atom is 0.180 e. The Bertz CT molecular complexity index is 4960. The minimum Gasteiger partial charge on any atom is -0.452 e. The molecule has 0 aliphatic heterocycles. The van der Waals surface area contributed by atoms with Gasteiger partial charge < -0.3 is 18.1 Å². The predicted octanol–water partition coefficient (Wildman–Crippen LogP) is 18.3. The summed E-state index contributed by atoms with van der Waals surface area (Å²) in [5, 5.41) is 8.35. The van der Waals surface area contributed by atoms with Gasteiger partial charge in [-0.05, 0) is 130 Å². The predicted molar refractivity (Wildman–Crippen MR) is 314 cm³/mol. The molecule has 0 atom stereocenters. The van der Waals surface area contributed by atoms with Crippen molar-refractivity contribution in [3.8, 4) is 61.7 Å². The average Bonchev–Trinajstić information content (AvgIpc) is 4.25. The number of hydrogen-bond donors (Lipinski definition) is 0. The lowest BCUT2D eigenvalue weighted by molar-refractivity contribution is 0.667. The van der Waals surface area contributed by atoms with Crippen LogP contribution in [0.1, 0.15) is 0 Å². The lowest BCUT2D eigenvalue weighted by Gasteiger charge is -2.12. The van der Waals surface area contributed by atoms with Crippen molar-refractivity contribution < 1.29 is 4.42 Å². The normalized spacial score (nSPS) is 11.9.